The van der Waals surface area contributed by atoms with E-state index in [0.29, 0.717) is 12.1 Å². The van der Waals surface area contributed by atoms with E-state index < -0.39 is 6.03 Å². The summed E-state index contributed by atoms with van der Waals surface area (Å²) in [7, 11) is 0. The van der Waals surface area contributed by atoms with Crippen LogP contribution in [0.1, 0.15) is 12.6 Å². The van der Waals surface area contributed by atoms with E-state index in [1.807, 2.05) is 6.92 Å². The maximum atomic E-state index is 10.8. The molecule has 0 saturated carbocycles. The molecule has 0 spiro atoms. The molecule has 0 bridgehead atoms. The SMILES string of the molecule is CCc1ncncc1N(S)C(N)=O. The highest BCUT2D eigenvalue weighted by molar-refractivity contribution is 7.82. The molecule has 5 nitrogen and oxygen atoms in total. The quantitative estimate of drug-likeness (QED) is 0.689. The average Bonchev–Trinajstić information content (AvgIpc) is 2.16. The van der Waals surface area contributed by atoms with Crippen molar-refractivity contribution in [1.82, 2.24) is 9.97 Å². The Morgan fingerprint density at radius 2 is 2.46 bits per heavy atom. The Hall–Kier alpha value is -1.30. The zero-order valence-electron chi connectivity index (χ0n) is 7.14. The van der Waals surface area contributed by atoms with E-state index >= 15 is 0 Å². The maximum absolute atomic E-state index is 10.8. The van der Waals surface area contributed by atoms with E-state index in [0.717, 1.165) is 10.00 Å². The summed E-state index contributed by atoms with van der Waals surface area (Å²) in [5, 5.41) is 0. The predicted octanol–water partition coefficient (Wildman–Crippen LogP) is 0.769. The molecule has 1 aromatic rings. The van der Waals surface area contributed by atoms with Crippen molar-refractivity contribution in [1.29, 1.82) is 0 Å². The smallest absolute Gasteiger partial charge is 0.329 e. The van der Waals surface area contributed by atoms with Gasteiger partial charge in [-0.25, -0.2) is 19.1 Å². The van der Waals surface area contributed by atoms with Crippen LogP contribution < -0.4 is 10.0 Å². The highest BCUT2D eigenvalue weighted by Gasteiger charge is 2.12. The zero-order valence-corrected chi connectivity index (χ0v) is 8.03. The minimum Gasteiger partial charge on any atom is -0.350 e. The summed E-state index contributed by atoms with van der Waals surface area (Å²) in [5.74, 6) is 0. The van der Waals surface area contributed by atoms with Crippen LogP contribution in [-0.2, 0) is 6.42 Å². The summed E-state index contributed by atoms with van der Waals surface area (Å²) in [6.07, 6.45) is 3.62. The highest BCUT2D eigenvalue weighted by Crippen LogP contribution is 2.18. The van der Waals surface area contributed by atoms with Gasteiger partial charge >= 0.3 is 6.03 Å². The molecule has 0 radical (unpaired) electrons. The summed E-state index contributed by atoms with van der Waals surface area (Å²) in [4.78, 5) is 18.6. The van der Waals surface area contributed by atoms with Crippen LogP contribution in [0.15, 0.2) is 12.5 Å². The molecule has 0 atom stereocenters. The topological polar surface area (TPSA) is 72.1 Å². The second-order valence-corrected chi connectivity index (χ2v) is 2.76. The number of aromatic nitrogens is 2. The third-order valence-corrected chi connectivity index (χ3v) is 1.96. The molecular weight excluding hydrogens is 188 g/mol. The van der Waals surface area contributed by atoms with E-state index in [-0.39, 0.29) is 0 Å². The van der Waals surface area contributed by atoms with Crippen molar-refractivity contribution in [2.24, 2.45) is 5.73 Å². The van der Waals surface area contributed by atoms with Crippen LogP contribution in [0.25, 0.3) is 0 Å². The van der Waals surface area contributed by atoms with Crippen LogP contribution in [-0.4, -0.2) is 16.0 Å². The molecule has 6 heteroatoms. The van der Waals surface area contributed by atoms with Gasteiger partial charge in [0.15, 0.2) is 0 Å². The Bertz CT molecular complexity index is 317. The standard InChI is InChI=1S/C7H10N4OS/c1-2-5-6(3-9-4-10-5)11(13)7(8)12/h3-4,13H,2H2,1H3,(H2,8,12). The van der Waals surface area contributed by atoms with Crippen molar-refractivity contribution in [2.45, 2.75) is 13.3 Å². The fourth-order valence-electron chi connectivity index (χ4n) is 0.916. The second-order valence-electron chi connectivity index (χ2n) is 2.36. The maximum Gasteiger partial charge on any atom is 0.329 e. The lowest BCUT2D eigenvalue weighted by Gasteiger charge is -2.14. The van der Waals surface area contributed by atoms with Crippen LogP contribution in [0.4, 0.5) is 10.5 Å². The third-order valence-electron chi connectivity index (χ3n) is 1.54. The molecular formula is C7H10N4OS. The first-order valence-corrected chi connectivity index (χ1v) is 4.14. The average molecular weight is 198 g/mol. The van der Waals surface area contributed by atoms with Gasteiger partial charge in [-0.1, -0.05) is 19.7 Å². The molecule has 0 aliphatic carbocycles. The van der Waals surface area contributed by atoms with E-state index in [9.17, 15) is 4.79 Å². The van der Waals surface area contributed by atoms with Crippen molar-refractivity contribution < 1.29 is 4.79 Å². The van der Waals surface area contributed by atoms with Crippen LogP contribution >= 0.6 is 12.8 Å². The van der Waals surface area contributed by atoms with Gasteiger partial charge in [0.2, 0.25) is 0 Å². The van der Waals surface area contributed by atoms with Crippen LogP contribution in [0.5, 0.6) is 0 Å². The van der Waals surface area contributed by atoms with Gasteiger partial charge in [0, 0.05) is 0 Å². The summed E-state index contributed by atoms with van der Waals surface area (Å²) < 4.78 is 1.03. The number of rotatable bonds is 2. The predicted molar refractivity (Wildman–Crippen MR) is 52.5 cm³/mol. The number of nitrogens with zero attached hydrogens (tertiary/aromatic N) is 3. The fraction of sp³-hybridized carbons (Fsp3) is 0.286. The molecule has 0 unspecified atom stereocenters. The minimum absolute atomic E-state index is 0.529. The van der Waals surface area contributed by atoms with Gasteiger partial charge in [-0.2, -0.15) is 0 Å². The van der Waals surface area contributed by atoms with Crippen LogP contribution in [0.2, 0.25) is 0 Å². The number of thiol groups is 1. The number of aryl methyl sites for hydroxylation is 1. The molecule has 1 heterocycles. The monoisotopic (exact) mass is 198 g/mol. The van der Waals surface area contributed by atoms with Gasteiger partial charge in [-0.3, -0.25) is 0 Å². The van der Waals surface area contributed by atoms with Gasteiger partial charge in [0.25, 0.3) is 0 Å². The lowest BCUT2D eigenvalue weighted by molar-refractivity contribution is 0.257. The van der Waals surface area contributed by atoms with E-state index in [1.54, 1.807) is 0 Å². The van der Waals surface area contributed by atoms with Crippen molar-refractivity contribution in [3.05, 3.63) is 18.2 Å². The van der Waals surface area contributed by atoms with E-state index in [4.69, 9.17) is 5.73 Å². The molecule has 13 heavy (non-hydrogen) atoms. The number of amides is 2. The van der Waals surface area contributed by atoms with E-state index in [2.05, 4.69) is 22.8 Å². The highest BCUT2D eigenvalue weighted by atomic mass is 32.1. The lowest BCUT2D eigenvalue weighted by atomic mass is 10.3. The number of hydrogen-bond acceptors (Lipinski definition) is 4. The summed E-state index contributed by atoms with van der Waals surface area (Å²) in [6, 6.07) is -0.646. The van der Waals surface area contributed by atoms with Gasteiger partial charge in [-0.05, 0) is 6.42 Å². The number of nitrogens with two attached hydrogens (primary N) is 1. The first kappa shape index (κ1) is 9.79. The molecule has 0 aliphatic rings. The number of carbonyl (C=O) groups excluding carboxylic acids is 1. The van der Waals surface area contributed by atoms with Crippen molar-refractivity contribution >= 4 is 24.5 Å². The molecule has 2 amide bonds. The second kappa shape index (κ2) is 4.08. The Kier molecular flexibility index (Phi) is 3.07. The molecule has 0 fully saturated rings. The molecule has 0 saturated heterocycles. The summed E-state index contributed by atoms with van der Waals surface area (Å²) in [5.41, 5.74) is 6.31. The first-order chi connectivity index (χ1) is 6.16. The number of carbonyl (C=O) groups is 1. The van der Waals surface area contributed by atoms with E-state index in [1.165, 1.54) is 12.5 Å². The number of anilines is 1. The molecule has 0 aliphatic heterocycles. The Morgan fingerprint density at radius 1 is 1.77 bits per heavy atom. The van der Waals surface area contributed by atoms with Crippen molar-refractivity contribution in [3.8, 4) is 0 Å². The third kappa shape index (κ3) is 2.09. The summed E-state index contributed by atoms with van der Waals surface area (Å²) >= 11 is 3.92. The lowest BCUT2D eigenvalue weighted by Crippen LogP contribution is -2.28. The minimum atomic E-state index is -0.646. The Morgan fingerprint density at radius 3 is 3.00 bits per heavy atom. The van der Waals surface area contributed by atoms with Crippen molar-refractivity contribution in [2.75, 3.05) is 4.31 Å². The number of urea groups is 1. The number of primary amides is 1. The summed E-state index contributed by atoms with van der Waals surface area (Å²) in [6.45, 7) is 1.93. The van der Waals surface area contributed by atoms with Crippen LogP contribution in [0.3, 0.4) is 0 Å². The molecule has 70 valence electrons. The normalized spacial score (nSPS) is 9.69. The van der Waals surface area contributed by atoms with Gasteiger partial charge < -0.3 is 5.73 Å². The first-order valence-electron chi connectivity index (χ1n) is 3.74. The Labute approximate surface area is 81.5 Å². The molecule has 0 aromatic carbocycles. The fourth-order valence-corrected chi connectivity index (χ4v) is 1.08. The Balaban J connectivity index is 3.05. The largest absolute Gasteiger partial charge is 0.350 e. The molecule has 1 aromatic heterocycles. The number of hydrogen-bond donors (Lipinski definition) is 2. The van der Waals surface area contributed by atoms with Gasteiger partial charge in [-0.15, -0.1) is 0 Å². The molecule has 2 N–H and O–H groups in total. The van der Waals surface area contributed by atoms with Gasteiger partial charge in [0.1, 0.15) is 6.33 Å². The molecule has 1 rings (SSSR count). The van der Waals surface area contributed by atoms with Crippen molar-refractivity contribution in [3.63, 3.8) is 0 Å². The zero-order chi connectivity index (χ0) is 9.84. The van der Waals surface area contributed by atoms with Crippen LogP contribution in [0, 0.1) is 0 Å². The van der Waals surface area contributed by atoms with Gasteiger partial charge in [0.05, 0.1) is 17.6 Å².